The standard InChI is InChI=1S/C21H22O7/c1-24-16-7-9-18(25-2)15(11-16)6-10-21(23)28-13-17(22)14-5-8-19(26-3)20(12-14)27-4/h5-12H,13H2,1-4H3/b10-6+. The molecule has 0 aromatic heterocycles. The molecular formula is C21H22O7. The number of hydrogen-bond acceptors (Lipinski definition) is 7. The van der Waals surface area contributed by atoms with Crippen molar-refractivity contribution in [3.63, 3.8) is 0 Å². The van der Waals surface area contributed by atoms with Gasteiger partial charge in [0.2, 0.25) is 0 Å². The molecule has 0 N–H and O–H groups in total. The van der Waals surface area contributed by atoms with Gasteiger partial charge in [-0.1, -0.05) is 0 Å². The summed E-state index contributed by atoms with van der Waals surface area (Å²) < 4.78 is 25.7. The first-order valence-electron chi connectivity index (χ1n) is 8.34. The predicted molar refractivity (Wildman–Crippen MR) is 103 cm³/mol. The Kier molecular flexibility index (Phi) is 7.45. The second-order valence-corrected chi connectivity index (χ2v) is 5.54. The van der Waals surface area contributed by atoms with Crippen LogP contribution in [0, 0.1) is 0 Å². The predicted octanol–water partition coefficient (Wildman–Crippen LogP) is 3.16. The summed E-state index contributed by atoms with van der Waals surface area (Å²) in [4.78, 5) is 24.2. The maximum absolute atomic E-state index is 12.2. The Balaban J connectivity index is 2.00. The second kappa shape index (κ2) is 10.0. The van der Waals surface area contributed by atoms with Gasteiger partial charge in [-0.3, -0.25) is 4.79 Å². The van der Waals surface area contributed by atoms with Crippen LogP contribution in [-0.2, 0) is 9.53 Å². The van der Waals surface area contributed by atoms with E-state index < -0.39 is 12.6 Å². The molecule has 0 aliphatic heterocycles. The smallest absolute Gasteiger partial charge is 0.331 e. The highest BCUT2D eigenvalue weighted by molar-refractivity contribution is 5.99. The quantitative estimate of drug-likeness (QED) is 0.372. The molecule has 0 spiro atoms. The fourth-order valence-electron chi connectivity index (χ4n) is 2.41. The van der Waals surface area contributed by atoms with Crippen LogP contribution in [0.4, 0.5) is 0 Å². The number of Topliss-reactive ketones (excluding diaryl/α,β-unsaturated/α-hetero) is 1. The lowest BCUT2D eigenvalue weighted by Gasteiger charge is -2.09. The molecule has 148 valence electrons. The van der Waals surface area contributed by atoms with Crippen LogP contribution in [-0.4, -0.2) is 46.8 Å². The Morgan fingerprint density at radius 3 is 2.14 bits per heavy atom. The van der Waals surface area contributed by atoms with Crippen LogP contribution in [0.25, 0.3) is 6.08 Å². The van der Waals surface area contributed by atoms with E-state index >= 15 is 0 Å². The van der Waals surface area contributed by atoms with Crippen LogP contribution in [0.15, 0.2) is 42.5 Å². The van der Waals surface area contributed by atoms with Gasteiger partial charge in [-0.05, 0) is 42.5 Å². The highest BCUT2D eigenvalue weighted by Gasteiger charge is 2.12. The number of benzene rings is 2. The number of rotatable bonds is 9. The van der Waals surface area contributed by atoms with Gasteiger partial charge in [-0.25, -0.2) is 4.79 Å². The average Bonchev–Trinajstić information content (AvgIpc) is 2.74. The van der Waals surface area contributed by atoms with Crippen molar-refractivity contribution in [3.8, 4) is 23.0 Å². The highest BCUT2D eigenvalue weighted by Crippen LogP contribution is 2.28. The van der Waals surface area contributed by atoms with Crippen molar-refractivity contribution in [2.45, 2.75) is 0 Å². The summed E-state index contributed by atoms with van der Waals surface area (Å²) in [6.45, 7) is -0.395. The number of methoxy groups -OCH3 is 4. The van der Waals surface area contributed by atoms with E-state index in [2.05, 4.69) is 0 Å². The molecule has 2 aromatic rings. The molecule has 0 saturated heterocycles. The molecule has 0 amide bonds. The molecule has 0 fully saturated rings. The zero-order valence-electron chi connectivity index (χ0n) is 16.2. The van der Waals surface area contributed by atoms with Crippen LogP contribution in [0.1, 0.15) is 15.9 Å². The molecule has 0 heterocycles. The Morgan fingerprint density at radius 1 is 0.821 bits per heavy atom. The number of hydrogen-bond donors (Lipinski definition) is 0. The van der Waals surface area contributed by atoms with E-state index in [4.69, 9.17) is 23.7 Å². The molecule has 0 bridgehead atoms. The second-order valence-electron chi connectivity index (χ2n) is 5.54. The van der Waals surface area contributed by atoms with Gasteiger partial charge in [0.25, 0.3) is 0 Å². The van der Waals surface area contributed by atoms with Gasteiger partial charge in [-0.2, -0.15) is 0 Å². The minimum atomic E-state index is -0.654. The molecule has 0 radical (unpaired) electrons. The van der Waals surface area contributed by atoms with Crippen molar-refractivity contribution in [3.05, 3.63) is 53.6 Å². The third kappa shape index (κ3) is 5.26. The van der Waals surface area contributed by atoms with E-state index in [1.54, 1.807) is 37.4 Å². The highest BCUT2D eigenvalue weighted by atomic mass is 16.5. The zero-order chi connectivity index (χ0) is 20.5. The molecule has 7 heteroatoms. The van der Waals surface area contributed by atoms with Crippen LogP contribution in [0.5, 0.6) is 23.0 Å². The van der Waals surface area contributed by atoms with Gasteiger partial charge < -0.3 is 23.7 Å². The number of carbonyl (C=O) groups is 2. The fraction of sp³-hybridized carbons (Fsp3) is 0.238. The number of ketones is 1. The van der Waals surface area contributed by atoms with Gasteiger partial charge in [-0.15, -0.1) is 0 Å². The Labute approximate surface area is 163 Å². The first kappa shape index (κ1) is 20.8. The van der Waals surface area contributed by atoms with Crippen molar-refractivity contribution >= 4 is 17.8 Å². The number of carbonyl (C=O) groups excluding carboxylic acids is 2. The molecule has 0 unspecified atom stereocenters. The van der Waals surface area contributed by atoms with Gasteiger partial charge in [0.15, 0.2) is 23.9 Å². The fourth-order valence-corrected chi connectivity index (χ4v) is 2.41. The molecule has 2 aromatic carbocycles. The molecule has 0 saturated carbocycles. The van der Waals surface area contributed by atoms with E-state index in [0.29, 0.717) is 34.1 Å². The molecular weight excluding hydrogens is 364 g/mol. The summed E-state index contributed by atoms with van der Waals surface area (Å²) in [5.41, 5.74) is 0.994. The van der Waals surface area contributed by atoms with Crippen molar-refractivity contribution in [2.24, 2.45) is 0 Å². The number of esters is 1. The Bertz CT molecular complexity index is 871. The summed E-state index contributed by atoms with van der Waals surface area (Å²) in [5.74, 6) is 1.11. The molecule has 7 nitrogen and oxygen atoms in total. The van der Waals surface area contributed by atoms with Crippen molar-refractivity contribution in [1.82, 2.24) is 0 Å². The summed E-state index contributed by atoms with van der Waals surface area (Å²) in [5, 5.41) is 0. The van der Waals surface area contributed by atoms with Crippen LogP contribution < -0.4 is 18.9 Å². The molecule has 28 heavy (non-hydrogen) atoms. The van der Waals surface area contributed by atoms with Gasteiger partial charge in [0, 0.05) is 17.2 Å². The van der Waals surface area contributed by atoms with E-state index in [1.165, 1.54) is 39.5 Å². The van der Waals surface area contributed by atoms with Gasteiger partial charge in [0.05, 0.1) is 28.4 Å². The molecule has 0 aliphatic rings. The molecule has 0 aliphatic carbocycles. The van der Waals surface area contributed by atoms with Crippen LogP contribution in [0.3, 0.4) is 0 Å². The van der Waals surface area contributed by atoms with E-state index in [-0.39, 0.29) is 5.78 Å². The Morgan fingerprint density at radius 2 is 1.50 bits per heavy atom. The average molecular weight is 386 g/mol. The molecule has 0 atom stereocenters. The minimum Gasteiger partial charge on any atom is -0.497 e. The zero-order valence-corrected chi connectivity index (χ0v) is 16.2. The normalized spacial score (nSPS) is 10.4. The lowest BCUT2D eigenvalue weighted by molar-refractivity contribution is -0.136. The molecule has 2 rings (SSSR count). The Hall–Kier alpha value is -3.48. The monoisotopic (exact) mass is 386 g/mol. The largest absolute Gasteiger partial charge is 0.497 e. The summed E-state index contributed by atoms with van der Waals surface area (Å²) in [6, 6.07) is 9.92. The van der Waals surface area contributed by atoms with Crippen molar-refractivity contribution in [2.75, 3.05) is 35.0 Å². The number of ether oxygens (including phenoxy) is 5. The van der Waals surface area contributed by atoms with Gasteiger partial charge in [0.1, 0.15) is 11.5 Å². The van der Waals surface area contributed by atoms with E-state index in [0.717, 1.165) is 0 Å². The van der Waals surface area contributed by atoms with Gasteiger partial charge >= 0.3 is 5.97 Å². The summed E-state index contributed by atoms with van der Waals surface area (Å²) >= 11 is 0. The van der Waals surface area contributed by atoms with Crippen LogP contribution in [0.2, 0.25) is 0 Å². The van der Waals surface area contributed by atoms with E-state index in [9.17, 15) is 9.59 Å². The first-order chi connectivity index (χ1) is 13.5. The lowest BCUT2D eigenvalue weighted by Crippen LogP contribution is -2.12. The van der Waals surface area contributed by atoms with E-state index in [1.807, 2.05) is 0 Å². The maximum atomic E-state index is 12.2. The topological polar surface area (TPSA) is 80.3 Å². The minimum absolute atomic E-state index is 0.351. The first-order valence-corrected chi connectivity index (χ1v) is 8.34. The third-order valence-electron chi connectivity index (χ3n) is 3.89. The van der Waals surface area contributed by atoms with Crippen molar-refractivity contribution < 1.29 is 33.3 Å². The van der Waals surface area contributed by atoms with Crippen LogP contribution >= 0.6 is 0 Å². The maximum Gasteiger partial charge on any atom is 0.331 e. The SMILES string of the molecule is COc1ccc(OC)c(/C=C/C(=O)OCC(=O)c2ccc(OC)c(OC)c2)c1. The van der Waals surface area contributed by atoms with Crippen molar-refractivity contribution in [1.29, 1.82) is 0 Å². The summed E-state index contributed by atoms with van der Waals surface area (Å²) in [6.07, 6.45) is 2.75. The lowest BCUT2D eigenvalue weighted by atomic mass is 10.1. The summed E-state index contributed by atoms with van der Waals surface area (Å²) in [7, 11) is 6.05. The third-order valence-corrected chi connectivity index (χ3v) is 3.89.